The maximum Gasteiger partial charge on any atom is 0.128 e. The summed E-state index contributed by atoms with van der Waals surface area (Å²) in [5.41, 5.74) is 6.87. The maximum absolute atomic E-state index is 5.71. The molecule has 58 valence electrons. The first kappa shape index (κ1) is 7.43. The largest absolute Gasteiger partial charge is 0.383 e. The van der Waals surface area contributed by atoms with Gasteiger partial charge in [0.15, 0.2) is 0 Å². The number of rotatable bonds is 0. The van der Waals surface area contributed by atoms with Crippen molar-refractivity contribution < 1.29 is 0 Å². The Morgan fingerprint density at radius 2 is 2.55 bits per heavy atom. The zero-order valence-electron chi connectivity index (χ0n) is 5.75. The summed E-state index contributed by atoms with van der Waals surface area (Å²) in [6.45, 7) is 0. The molecule has 1 aliphatic heterocycles. The Balaban J connectivity index is 2.58. The number of hydrogen-bond donors (Lipinski definition) is 1. The predicted octanol–water partition coefficient (Wildman–Crippen LogP) is 2.21. The molecule has 0 aromatic carbocycles. The Labute approximate surface area is 77.7 Å². The monoisotopic (exact) mass is 230 g/mol. The van der Waals surface area contributed by atoms with Crippen molar-refractivity contribution in [2.75, 3.05) is 11.5 Å². The number of nitrogens with two attached hydrogens (primary N) is 1. The fraction of sp³-hybridized carbons (Fsp3) is 0.286. The van der Waals surface area contributed by atoms with Crippen LogP contribution in [0, 0.1) is 0 Å². The maximum atomic E-state index is 5.71. The first-order chi connectivity index (χ1) is 5.29. The fourth-order valence-electron chi connectivity index (χ4n) is 1.16. The lowest BCUT2D eigenvalue weighted by molar-refractivity contribution is 1.10. The van der Waals surface area contributed by atoms with Crippen LogP contribution in [0.25, 0.3) is 0 Å². The number of anilines is 1. The van der Waals surface area contributed by atoms with Gasteiger partial charge in [-0.2, -0.15) is 0 Å². The Morgan fingerprint density at radius 3 is 3.27 bits per heavy atom. The van der Waals surface area contributed by atoms with Crippen LogP contribution in [-0.4, -0.2) is 10.7 Å². The van der Waals surface area contributed by atoms with Crippen molar-refractivity contribution in [1.29, 1.82) is 0 Å². The number of nitrogen functional groups attached to an aromatic ring is 1. The van der Waals surface area contributed by atoms with Gasteiger partial charge in [-0.15, -0.1) is 11.8 Å². The van der Waals surface area contributed by atoms with Crippen LogP contribution in [0.1, 0.15) is 10.4 Å². The van der Waals surface area contributed by atoms with Gasteiger partial charge in [0.1, 0.15) is 5.82 Å². The van der Waals surface area contributed by atoms with Gasteiger partial charge < -0.3 is 5.73 Å². The summed E-state index contributed by atoms with van der Waals surface area (Å²) in [6, 6.07) is 2.01. The van der Waals surface area contributed by atoms with Gasteiger partial charge in [0, 0.05) is 22.4 Å². The highest BCUT2D eigenvalue weighted by Gasteiger charge is 2.23. The Hall–Kier alpha value is -0.220. The lowest BCUT2D eigenvalue weighted by Crippen LogP contribution is -1.97. The smallest absolute Gasteiger partial charge is 0.128 e. The molecule has 2 nitrogen and oxygen atoms in total. The SMILES string of the molecule is Nc1nccc2c1C(Br)CS2. The van der Waals surface area contributed by atoms with Crippen molar-refractivity contribution in [3.63, 3.8) is 0 Å². The predicted molar refractivity (Wildman–Crippen MR) is 51.0 cm³/mol. The lowest BCUT2D eigenvalue weighted by atomic mass is 10.2. The molecule has 1 aromatic rings. The van der Waals surface area contributed by atoms with Crippen molar-refractivity contribution >= 4 is 33.5 Å². The van der Waals surface area contributed by atoms with E-state index in [0.717, 1.165) is 11.3 Å². The van der Waals surface area contributed by atoms with Crippen molar-refractivity contribution in [2.45, 2.75) is 9.72 Å². The third kappa shape index (κ3) is 1.14. The molecule has 0 saturated heterocycles. The average molecular weight is 231 g/mol. The first-order valence-electron chi connectivity index (χ1n) is 3.30. The van der Waals surface area contributed by atoms with Gasteiger partial charge in [0.05, 0.1) is 4.83 Å². The van der Waals surface area contributed by atoms with E-state index in [1.54, 1.807) is 6.20 Å². The zero-order chi connectivity index (χ0) is 7.84. The van der Waals surface area contributed by atoms with Crippen molar-refractivity contribution in [2.24, 2.45) is 0 Å². The van der Waals surface area contributed by atoms with Crippen LogP contribution in [-0.2, 0) is 0 Å². The van der Waals surface area contributed by atoms with Crippen LogP contribution < -0.4 is 5.73 Å². The van der Waals surface area contributed by atoms with E-state index in [0.29, 0.717) is 10.6 Å². The molecule has 0 saturated carbocycles. The quantitative estimate of drug-likeness (QED) is 0.695. The molecule has 2 rings (SSSR count). The molecule has 1 aromatic heterocycles. The van der Waals surface area contributed by atoms with Gasteiger partial charge in [0.25, 0.3) is 0 Å². The molecule has 2 N–H and O–H groups in total. The van der Waals surface area contributed by atoms with Gasteiger partial charge in [-0.25, -0.2) is 4.98 Å². The topological polar surface area (TPSA) is 38.9 Å². The second kappa shape index (κ2) is 2.68. The van der Waals surface area contributed by atoms with E-state index < -0.39 is 0 Å². The van der Waals surface area contributed by atoms with Crippen LogP contribution in [0.2, 0.25) is 0 Å². The second-order valence-electron chi connectivity index (χ2n) is 2.39. The third-order valence-corrected chi connectivity index (χ3v) is 4.06. The molecule has 2 heterocycles. The summed E-state index contributed by atoms with van der Waals surface area (Å²) in [5.74, 6) is 1.72. The molecule has 1 aliphatic rings. The molecule has 1 atom stereocenters. The van der Waals surface area contributed by atoms with Gasteiger partial charge >= 0.3 is 0 Å². The first-order valence-corrected chi connectivity index (χ1v) is 5.20. The molecule has 4 heteroatoms. The molecule has 0 spiro atoms. The average Bonchev–Trinajstić information content (AvgIpc) is 2.34. The molecular weight excluding hydrogens is 224 g/mol. The van der Waals surface area contributed by atoms with Crippen LogP contribution >= 0.6 is 27.7 Å². The summed E-state index contributed by atoms with van der Waals surface area (Å²) in [4.78, 5) is 5.68. The number of fused-ring (bicyclic) bond motifs is 1. The highest BCUT2D eigenvalue weighted by molar-refractivity contribution is 9.09. The van der Waals surface area contributed by atoms with E-state index in [4.69, 9.17) is 5.73 Å². The van der Waals surface area contributed by atoms with Crippen LogP contribution in [0.4, 0.5) is 5.82 Å². The van der Waals surface area contributed by atoms with E-state index in [2.05, 4.69) is 20.9 Å². The van der Waals surface area contributed by atoms with Gasteiger partial charge in [-0.3, -0.25) is 0 Å². The summed E-state index contributed by atoms with van der Waals surface area (Å²) >= 11 is 5.37. The number of pyridine rings is 1. The molecule has 0 radical (unpaired) electrons. The number of aromatic nitrogens is 1. The number of nitrogens with zero attached hydrogens (tertiary/aromatic N) is 1. The van der Waals surface area contributed by atoms with E-state index in [9.17, 15) is 0 Å². The number of thioether (sulfide) groups is 1. The number of hydrogen-bond acceptors (Lipinski definition) is 3. The standard InChI is InChI=1S/C7H7BrN2S/c8-4-3-11-5-1-2-10-7(9)6(4)5/h1-2,4H,3H2,(H2,9,10). The molecular formula is C7H7BrN2S. The van der Waals surface area contributed by atoms with Crippen molar-refractivity contribution in [1.82, 2.24) is 4.98 Å². The normalized spacial score (nSPS) is 21.7. The molecule has 0 aliphatic carbocycles. The van der Waals surface area contributed by atoms with E-state index in [1.807, 2.05) is 17.8 Å². The summed E-state index contributed by atoms with van der Waals surface area (Å²) < 4.78 is 0. The Morgan fingerprint density at radius 1 is 1.73 bits per heavy atom. The minimum absolute atomic E-state index is 0.385. The Kier molecular flexibility index (Phi) is 1.81. The van der Waals surface area contributed by atoms with Crippen LogP contribution in [0.15, 0.2) is 17.2 Å². The van der Waals surface area contributed by atoms with Crippen LogP contribution in [0.5, 0.6) is 0 Å². The zero-order valence-corrected chi connectivity index (χ0v) is 8.15. The molecule has 0 bridgehead atoms. The number of halogens is 1. The molecule has 11 heavy (non-hydrogen) atoms. The lowest BCUT2D eigenvalue weighted by Gasteiger charge is -2.03. The highest BCUT2D eigenvalue weighted by atomic mass is 79.9. The van der Waals surface area contributed by atoms with E-state index in [-0.39, 0.29) is 0 Å². The van der Waals surface area contributed by atoms with Crippen molar-refractivity contribution in [3.05, 3.63) is 17.8 Å². The summed E-state index contributed by atoms with van der Waals surface area (Å²) in [7, 11) is 0. The number of alkyl halides is 1. The highest BCUT2D eigenvalue weighted by Crippen LogP contribution is 2.44. The van der Waals surface area contributed by atoms with Crippen molar-refractivity contribution in [3.8, 4) is 0 Å². The van der Waals surface area contributed by atoms with Gasteiger partial charge in [-0.05, 0) is 6.07 Å². The van der Waals surface area contributed by atoms with Crippen LogP contribution in [0.3, 0.4) is 0 Å². The minimum Gasteiger partial charge on any atom is -0.383 e. The fourth-order valence-corrected chi connectivity index (χ4v) is 3.24. The van der Waals surface area contributed by atoms with Gasteiger partial charge in [0.2, 0.25) is 0 Å². The van der Waals surface area contributed by atoms with E-state index in [1.165, 1.54) is 4.90 Å². The molecule has 1 unspecified atom stereocenters. The second-order valence-corrected chi connectivity index (χ2v) is 4.55. The van der Waals surface area contributed by atoms with E-state index >= 15 is 0 Å². The third-order valence-electron chi connectivity index (χ3n) is 1.68. The summed E-state index contributed by atoms with van der Waals surface area (Å²) in [5, 5.41) is 0. The molecule has 0 amide bonds. The Bertz CT molecular complexity index is 290. The summed E-state index contributed by atoms with van der Waals surface area (Å²) in [6.07, 6.45) is 1.76. The minimum atomic E-state index is 0.385. The van der Waals surface area contributed by atoms with Gasteiger partial charge in [-0.1, -0.05) is 15.9 Å². The molecule has 0 fully saturated rings.